The summed E-state index contributed by atoms with van der Waals surface area (Å²) in [5, 5.41) is 4.64. The molecule has 27 heavy (non-hydrogen) atoms. The van der Waals surface area contributed by atoms with Crippen molar-refractivity contribution in [2.24, 2.45) is 0 Å². The zero-order valence-corrected chi connectivity index (χ0v) is 16.7. The Morgan fingerprint density at radius 1 is 1.15 bits per heavy atom. The van der Waals surface area contributed by atoms with Crippen LogP contribution in [-0.2, 0) is 17.8 Å². The first-order valence-electron chi connectivity index (χ1n) is 9.52. The van der Waals surface area contributed by atoms with Gasteiger partial charge in [-0.2, -0.15) is 0 Å². The van der Waals surface area contributed by atoms with Gasteiger partial charge < -0.3 is 15.2 Å². The van der Waals surface area contributed by atoms with E-state index in [0.29, 0.717) is 13.1 Å². The van der Waals surface area contributed by atoms with Gasteiger partial charge in [-0.3, -0.25) is 4.79 Å². The molecule has 0 spiro atoms. The second-order valence-corrected chi connectivity index (χ2v) is 7.37. The minimum absolute atomic E-state index is 0.104. The average Bonchev–Trinajstić information content (AvgIpc) is 3.06. The number of aromatic nitrogens is 1. The number of para-hydroxylation sites is 1. The average molecular weight is 364 g/mol. The largest absolute Gasteiger partial charge is 0.361 e. The monoisotopic (exact) mass is 363 g/mol. The quantitative estimate of drug-likeness (QED) is 0.667. The van der Waals surface area contributed by atoms with E-state index in [1.54, 1.807) is 6.92 Å². The fourth-order valence-electron chi connectivity index (χ4n) is 3.52. The summed E-state index contributed by atoms with van der Waals surface area (Å²) in [7, 11) is 1.97. The van der Waals surface area contributed by atoms with Gasteiger partial charge in [0.05, 0.1) is 0 Å². The standard InChI is InChI=1S/C23H29N3O/c1-16-9-10-19(11-17(16)2)14-26(18(3)27)15-21(24-4)12-20-13-25-23-8-6-5-7-22(20)23/h5-11,13,21,24-25H,12,14-15H2,1-4H3/t21-/m1/s1. The number of hydrogen-bond acceptors (Lipinski definition) is 2. The molecule has 142 valence electrons. The van der Waals surface area contributed by atoms with Gasteiger partial charge in [0, 0.05) is 43.2 Å². The van der Waals surface area contributed by atoms with E-state index in [0.717, 1.165) is 11.9 Å². The molecule has 2 aromatic carbocycles. The molecule has 3 rings (SSSR count). The number of fused-ring (bicyclic) bond motifs is 1. The highest BCUT2D eigenvalue weighted by Gasteiger charge is 2.17. The predicted octanol–water partition coefficient (Wildman–Crippen LogP) is 3.96. The van der Waals surface area contributed by atoms with Crippen LogP contribution >= 0.6 is 0 Å². The highest BCUT2D eigenvalue weighted by atomic mass is 16.2. The number of carbonyl (C=O) groups excluding carboxylic acids is 1. The van der Waals surface area contributed by atoms with Crippen molar-refractivity contribution in [1.29, 1.82) is 0 Å². The van der Waals surface area contributed by atoms with E-state index in [4.69, 9.17) is 0 Å². The summed E-state index contributed by atoms with van der Waals surface area (Å²) in [6.45, 7) is 7.20. The van der Waals surface area contributed by atoms with E-state index >= 15 is 0 Å². The van der Waals surface area contributed by atoms with Crippen molar-refractivity contribution in [3.63, 3.8) is 0 Å². The molecule has 0 aliphatic carbocycles. The number of hydrogen-bond donors (Lipinski definition) is 2. The zero-order valence-electron chi connectivity index (χ0n) is 16.7. The summed E-state index contributed by atoms with van der Waals surface area (Å²) in [6.07, 6.45) is 2.95. The van der Waals surface area contributed by atoms with Gasteiger partial charge >= 0.3 is 0 Å². The molecule has 0 saturated carbocycles. The number of nitrogens with one attached hydrogen (secondary N) is 2. The van der Waals surface area contributed by atoms with Gasteiger partial charge in [0.1, 0.15) is 0 Å². The van der Waals surface area contributed by atoms with Crippen LogP contribution < -0.4 is 5.32 Å². The molecule has 0 fully saturated rings. The van der Waals surface area contributed by atoms with Crippen molar-refractivity contribution >= 4 is 16.8 Å². The van der Waals surface area contributed by atoms with Crippen molar-refractivity contribution < 1.29 is 4.79 Å². The minimum atomic E-state index is 0.104. The lowest BCUT2D eigenvalue weighted by molar-refractivity contribution is -0.129. The van der Waals surface area contributed by atoms with Gasteiger partial charge in [0.15, 0.2) is 0 Å². The van der Waals surface area contributed by atoms with Crippen molar-refractivity contribution in [3.05, 3.63) is 70.9 Å². The van der Waals surface area contributed by atoms with Crippen LogP contribution in [0.3, 0.4) is 0 Å². The van der Waals surface area contributed by atoms with Gasteiger partial charge in [0.2, 0.25) is 5.91 Å². The number of carbonyl (C=O) groups is 1. The maximum absolute atomic E-state index is 12.3. The molecular formula is C23H29N3O. The van der Waals surface area contributed by atoms with Gasteiger partial charge in [-0.1, -0.05) is 36.4 Å². The molecule has 4 heteroatoms. The fraction of sp³-hybridized carbons (Fsp3) is 0.348. The van der Waals surface area contributed by atoms with Gasteiger partial charge in [-0.05, 0) is 55.6 Å². The van der Waals surface area contributed by atoms with Crippen LogP contribution in [-0.4, -0.2) is 35.4 Å². The number of benzene rings is 2. The van der Waals surface area contributed by atoms with Crippen LogP contribution in [0.1, 0.15) is 29.2 Å². The fourth-order valence-corrected chi connectivity index (χ4v) is 3.52. The first-order valence-corrected chi connectivity index (χ1v) is 9.52. The van der Waals surface area contributed by atoms with E-state index in [1.807, 2.05) is 18.0 Å². The maximum Gasteiger partial charge on any atom is 0.219 e. The van der Waals surface area contributed by atoms with Crippen LogP contribution in [0.15, 0.2) is 48.7 Å². The molecule has 0 unspecified atom stereocenters. The summed E-state index contributed by atoms with van der Waals surface area (Å²) in [6, 6.07) is 15.0. The molecule has 1 amide bonds. The normalized spacial score (nSPS) is 12.3. The lowest BCUT2D eigenvalue weighted by Gasteiger charge is -2.27. The van der Waals surface area contributed by atoms with Crippen molar-refractivity contribution in [2.75, 3.05) is 13.6 Å². The molecule has 0 aliphatic heterocycles. The SMILES string of the molecule is CN[C@H](Cc1c[nH]c2ccccc12)CN(Cc1ccc(C)c(C)c1)C(C)=O. The second kappa shape index (κ2) is 8.40. The molecule has 1 atom stereocenters. The zero-order chi connectivity index (χ0) is 19.4. The minimum Gasteiger partial charge on any atom is -0.361 e. The number of aryl methyl sites for hydroxylation is 2. The van der Waals surface area contributed by atoms with Gasteiger partial charge in [0.25, 0.3) is 0 Å². The van der Waals surface area contributed by atoms with E-state index in [-0.39, 0.29) is 11.9 Å². The molecule has 3 aromatic rings. The van der Waals surface area contributed by atoms with Crippen LogP contribution in [0.5, 0.6) is 0 Å². The third-order valence-corrected chi connectivity index (χ3v) is 5.38. The molecule has 0 bridgehead atoms. The number of H-pyrrole nitrogens is 1. The molecule has 4 nitrogen and oxygen atoms in total. The molecule has 1 aromatic heterocycles. The molecule has 0 aliphatic rings. The van der Waals surface area contributed by atoms with Crippen molar-refractivity contribution in [1.82, 2.24) is 15.2 Å². The highest BCUT2D eigenvalue weighted by molar-refractivity contribution is 5.83. The smallest absolute Gasteiger partial charge is 0.219 e. The third kappa shape index (κ3) is 4.58. The number of amides is 1. The van der Waals surface area contributed by atoms with Crippen molar-refractivity contribution in [3.8, 4) is 0 Å². The Hall–Kier alpha value is -2.59. The van der Waals surface area contributed by atoms with Gasteiger partial charge in [-0.25, -0.2) is 0 Å². The Bertz CT molecular complexity index is 928. The van der Waals surface area contributed by atoms with E-state index in [1.165, 1.54) is 27.6 Å². The number of nitrogens with zero attached hydrogens (tertiary/aromatic N) is 1. The Balaban J connectivity index is 1.73. The first-order chi connectivity index (χ1) is 13.0. The van der Waals surface area contributed by atoms with E-state index in [2.05, 4.69) is 66.7 Å². The number of likely N-dealkylation sites (N-methyl/N-ethyl adjacent to an activating group) is 1. The van der Waals surface area contributed by atoms with Crippen LogP contribution in [0.2, 0.25) is 0 Å². The number of rotatable bonds is 7. The Morgan fingerprint density at radius 3 is 2.63 bits per heavy atom. The molecule has 2 N–H and O–H groups in total. The summed E-state index contributed by atoms with van der Waals surface area (Å²) in [4.78, 5) is 17.5. The highest BCUT2D eigenvalue weighted by Crippen LogP contribution is 2.20. The Labute approximate surface area is 161 Å². The first kappa shape index (κ1) is 19.2. The molecule has 0 radical (unpaired) electrons. The molecule has 1 heterocycles. The Morgan fingerprint density at radius 2 is 1.93 bits per heavy atom. The van der Waals surface area contributed by atoms with Crippen LogP contribution in [0.4, 0.5) is 0 Å². The lowest BCUT2D eigenvalue weighted by Crippen LogP contribution is -2.42. The van der Waals surface area contributed by atoms with Crippen LogP contribution in [0, 0.1) is 13.8 Å². The number of aromatic amines is 1. The predicted molar refractivity (Wildman–Crippen MR) is 112 cm³/mol. The van der Waals surface area contributed by atoms with Gasteiger partial charge in [-0.15, -0.1) is 0 Å². The van der Waals surface area contributed by atoms with Crippen LogP contribution in [0.25, 0.3) is 10.9 Å². The Kier molecular flexibility index (Phi) is 5.97. The summed E-state index contributed by atoms with van der Waals surface area (Å²) < 4.78 is 0. The van der Waals surface area contributed by atoms with E-state index < -0.39 is 0 Å². The van der Waals surface area contributed by atoms with E-state index in [9.17, 15) is 4.79 Å². The topological polar surface area (TPSA) is 48.1 Å². The third-order valence-electron chi connectivity index (χ3n) is 5.38. The van der Waals surface area contributed by atoms with Crippen molar-refractivity contribution in [2.45, 2.75) is 39.8 Å². The summed E-state index contributed by atoms with van der Waals surface area (Å²) >= 11 is 0. The maximum atomic E-state index is 12.3. The second-order valence-electron chi connectivity index (χ2n) is 7.37. The summed E-state index contributed by atoms with van der Waals surface area (Å²) in [5.41, 5.74) is 6.15. The lowest BCUT2D eigenvalue weighted by atomic mass is 10.0. The summed E-state index contributed by atoms with van der Waals surface area (Å²) in [5.74, 6) is 0.104. The molecular weight excluding hydrogens is 334 g/mol. The molecule has 0 saturated heterocycles.